The maximum atomic E-state index is 6.48. The summed E-state index contributed by atoms with van der Waals surface area (Å²) in [5, 5.41) is 0. The average molecular weight is 285 g/mol. The molecule has 0 radical (unpaired) electrons. The fourth-order valence-corrected chi connectivity index (χ4v) is 2.88. The number of rotatable bonds is 4. The summed E-state index contributed by atoms with van der Waals surface area (Å²) in [6.07, 6.45) is 3.01. The summed E-state index contributed by atoms with van der Waals surface area (Å²) < 4.78 is 2.19. The molecule has 0 amide bonds. The van der Waals surface area contributed by atoms with Crippen LogP contribution in [0.4, 0.5) is 5.82 Å². The molecular formula is C18H27N3. The van der Waals surface area contributed by atoms with Crippen LogP contribution in [-0.4, -0.2) is 9.55 Å². The number of hydrogen-bond acceptors (Lipinski definition) is 2. The summed E-state index contributed by atoms with van der Waals surface area (Å²) in [5.41, 5.74) is 9.82. The maximum Gasteiger partial charge on any atom is 0.132 e. The first-order valence-corrected chi connectivity index (χ1v) is 7.86. The van der Waals surface area contributed by atoms with Gasteiger partial charge in [0.05, 0.1) is 0 Å². The number of aromatic nitrogens is 2. The highest BCUT2D eigenvalue weighted by Gasteiger charge is 2.24. The van der Waals surface area contributed by atoms with Crippen molar-refractivity contribution in [1.29, 1.82) is 0 Å². The van der Waals surface area contributed by atoms with Gasteiger partial charge in [0.25, 0.3) is 0 Å². The van der Waals surface area contributed by atoms with Gasteiger partial charge in [0.2, 0.25) is 0 Å². The molecule has 0 aliphatic rings. The zero-order chi connectivity index (χ0) is 15.6. The predicted molar refractivity (Wildman–Crippen MR) is 90.4 cm³/mol. The van der Waals surface area contributed by atoms with Crippen molar-refractivity contribution in [3.8, 4) is 11.3 Å². The molecule has 0 saturated carbocycles. The second kappa shape index (κ2) is 5.92. The molecule has 1 aromatic heterocycles. The van der Waals surface area contributed by atoms with Crippen molar-refractivity contribution in [2.45, 2.75) is 59.4 Å². The molecule has 3 nitrogen and oxygen atoms in total. The zero-order valence-corrected chi connectivity index (χ0v) is 13.9. The highest BCUT2D eigenvalue weighted by atomic mass is 15.2. The molecule has 21 heavy (non-hydrogen) atoms. The normalized spacial score (nSPS) is 11.9. The van der Waals surface area contributed by atoms with Gasteiger partial charge in [0.15, 0.2) is 0 Å². The van der Waals surface area contributed by atoms with Crippen LogP contribution in [0.3, 0.4) is 0 Å². The van der Waals surface area contributed by atoms with Crippen molar-refractivity contribution < 1.29 is 0 Å². The molecule has 114 valence electrons. The molecule has 3 heteroatoms. The van der Waals surface area contributed by atoms with Crippen molar-refractivity contribution >= 4 is 5.82 Å². The summed E-state index contributed by atoms with van der Waals surface area (Å²) in [7, 11) is 0. The van der Waals surface area contributed by atoms with E-state index >= 15 is 0 Å². The molecule has 0 aliphatic heterocycles. The fraction of sp³-hybridized carbons (Fsp3) is 0.500. The Morgan fingerprint density at radius 1 is 1.14 bits per heavy atom. The highest BCUT2D eigenvalue weighted by Crippen LogP contribution is 2.33. The van der Waals surface area contributed by atoms with Crippen LogP contribution in [0.25, 0.3) is 11.3 Å². The maximum absolute atomic E-state index is 6.48. The zero-order valence-electron chi connectivity index (χ0n) is 13.9. The first kappa shape index (κ1) is 15.6. The molecule has 0 saturated heterocycles. The van der Waals surface area contributed by atoms with Gasteiger partial charge in [-0.15, -0.1) is 0 Å². The van der Waals surface area contributed by atoms with Gasteiger partial charge in [-0.25, -0.2) is 4.98 Å². The number of imidazole rings is 1. The Labute approximate surface area is 128 Å². The lowest BCUT2D eigenvalue weighted by Crippen LogP contribution is -2.25. The van der Waals surface area contributed by atoms with Gasteiger partial charge in [-0.1, -0.05) is 38.1 Å². The molecule has 2 N–H and O–H groups in total. The van der Waals surface area contributed by atoms with Crippen LogP contribution in [0.1, 0.15) is 52.4 Å². The highest BCUT2D eigenvalue weighted by molar-refractivity contribution is 5.74. The van der Waals surface area contributed by atoms with E-state index < -0.39 is 0 Å². The Bertz CT molecular complexity index is 618. The minimum Gasteiger partial charge on any atom is -0.383 e. The molecular weight excluding hydrogens is 258 g/mol. The summed E-state index contributed by atoms with van der Waals surface area (Å²) in [6, 6.07) is 8.42. The van der Waals surface area contributed by atoms with E-state index in [4.69, 9.17) is 10.7 Å². The van der Waals surface area contributed by atoms with E-state index in [9.17, 15) is 0 Å². The van der Waals surface area contributed by atoms with Crippen molar-refractivity contribution in [2.75, 3.05) is 5.73 Å². The standard InChI is InChI=1S/C18H27N3/c1-6-10-15-20-16(17(19)21(15)18(3,4)5)14-12-9-8-11-13(14)7-2/h8-9,11-12H,6-7,10,19H2,1-5H3. The van der Waals surface area contributed by atoms with E-state index in [0.717, 1.165) is 42.2 Å². The first-order valence-electron chi connectivity index (χ1n) is 7.86. The van der Waals surface area contributed by atoms with Crippen molar-refractivity contribution in [2.24, 2.45) is 0 Å². The lowest BCUT2D eigenvalue weighted by molar-refractivity contribution is 0.387. The third-order valence-electron chi connectivity index (χ3n) is 3.78. The van der Waals surface area contributed by atoms with Gasteiger partial charge in [-0.2, -0.15) is 0 Å². The van der Waals surface area contributed by atoms with E-state index in [0.29, 0.717) is 0 Å². The largest absolute Gasteiger partial charge is 0.383 e. The van der Waals surface area contributed by atoms with Crippen LogP contribution in [0.2, 0.25) is 0 Å². The Hall–Kier alpha value is -1.77. The summed E-state index contributed by atoms with van der Waals surface area (Å²) in [4.78, 5) is 4.88. The minimum absolute atomic E-state index is 0.0546. The van der Waals surface area contributed by atoms with Crippen LogP contribution < -0.4 is 5.73 Å². The van der Waals surface area contributed by atoms with E-state index in [2.05, 4.69) is 63.5 Å². The van der Waals surface area contributed by atoms with Gasteiger partial charge >= 0.3 is 0 Å². The molecule has 1 heterocycles. The fourth-order valence-electron chi connectivity index (χ4n) is 2.88. The van der Waals surface area contributed by atoms with Gasteiger partial charge in [0.1, 0.15) is 17.3 Å². The molecule has 0 fully saturated rings. The second-order valence-corrected chi connectivity index (χ2v) is 6.53. The van der Waals surface area contributed by atoms with Crippen molar-refractivity contribution in [3.63, 3.8) is 0 Å². The van der Waals surface area contributed by atoms with Crippen LogP contribution >= 0.6 is 0 Å². The van der Waals surface area contributed by atoms with Gasteiger partial charge in [-0.3, -0.25) is 0 Å². The second-order valence-electron chi connectivity index (χ2n) is 6.53. The monoisotopic (exact) mass is 285 g/mol. The predicted octanol–water partition coefficient (Wildman–Crippen LogP) is 4.40. The Balaban J connectivity index is 2.66. The topological polar surface area (TPSA) is 43.8 Å². The van der Waals surface area contributed by atoms with Crippen molar-refractivity contribution in [3.05, 3.63) is 35.7 Å². The number of anilines is 1. The number of nitrogens with zero attached hydrogens (tertiary/aromatic N) is 2. The summed E-state index contributed by atoms with van der Waals surface area (Å²) in [6.45, 7) is 10.9. The number of nitrogens with two attached hydrogens (primary N) is 1. The average Bonchev–Trinajstić information content (AvgIpc) is 2.75. The third-order valence-corrected chi connectivity index (χ3v) is 3.78. The molecule has 0 unspecified atom stereocenters. The summed E-state index contributed by atoms with van der Waals surface area (Å²) in [5.74, 6) is 1.87. The lowest BCUT2D eigenvalue weighted by atomic mass is 10.0. The van der Waals surface area contributed by atoms with E-state index in [-0.39, 0.29) is 5.54 Å². The Morgan fingerprint density at radius 2 is 1.81 bits per heavy atom. The Kier molecular flexibility index (Phi) is 4.40. The number of benzene rings is 1. The SMILES string of the molecule is CCCc1nc(-c2ccccc2CC)c(N)n1C(C)(C)C. The Morgan fingerprint density at radius 3 is 2.38 bits per heavy atom. The van der Waals surface area contributed by atoms with Gasteiger partial charge in [-0.05, 0) is 39.2 Å². The smallest absolute Gasteiger partial charge is 0.132 e. The van der Waals surface area contributed by atoms with Crippen LogP contribution in [0.15, 0.2) is 24.3 Å². The molecule has 0 spiro atoms. The molecule has 2 aromatic rings. The molecule has 0 bridgehead atoms. The number of aryl methyl sites for hydroxylation is 2. The van der Waals surface area contributed by atoms with Gasteiger partial charge < -0.3 is 10.3 Å². The van der Waals surface area contributed by atoms with Crippen LogP contribution in [-0.2, 0) is 18.4 Å². The van der Waals surface area contributed by atoms with E-state index in [1.165, 1.54) is 5.56 Å². The van der Waals surface area contributed by atoms with Crippen LogP contribution in [0.5, 0.6) is 0 Å². The van der Waals surface area contributed by atoms with Crippen molar-refractivity contribution in [1.82, 2.24) is 9.55 Å². The van der Waals surface area contributed by atoms with E-state index in [1.807, 2.05) is 0 Å². The van der Waals surface area contributed by atoms with E-state index in [1.54, 1.807) is 0 Å². The number of hydrogen-bond donors (Lipinski definition) is 1. The van der Waals surface area contributed by atoms with Crippen LogP contribution in [0, 0.1) is 0 Å². The third kappa shape index (κ3) is 2.97. The molecule has 0 atom stereocenters. The molecule has 0 aliphatic carbocycles. The molecule has 1 aromatic carbocycles. The first-order chi connectivity index (χ1) is 9.90. The molecule has 2 rings (SSSR count). The minimum atomic E-state index is -0.0546. The number of nitrogen functional groups attached to an aromatic ring is 1. The van der Waals surface area contributed by atoms with Gasteiger partial charge in [0, 0.05) is 17.5 Å². The lowest BCUT2D eigenvalue weighted by Gasteiger charge is -2.25. The quantitative estimate of drug-likeness (QED) is 0.904. The summed E-state index contributed by atoms with van der Waals surface area (Å²) >= 11 is 0.